The highest BCUT2D eigenvalue weighted by Gasteiger charge is 2.18. The molecule has 1 aromatic rings. The van der Waals surface area contributed by atoms with E-state index in [9.17, 15) is 4.79 Å². The number of ether oxygens (including phenoxy) is 1. The summed E-state index contributed by atoms with van der Waals surface area (Å²) in [6.07, 6.45) is 1.35. The molecule has 0 atom stereocenters. The van der Waals surface area contributed by atoms with Crippen LogP contribution in [0.5, 0.6) is 5.75 Å². The van der Waals surface area contributed by atoms with Crippen molar-refractivity contribution in [3.63, 3.8) is 0 Å². The number of aryl methyl sites for hydroxylation is 1. The molecule has 0 aromatic heterocycles. The van der Waals surface area contributed by atoms with Crippen LogP contribution in [0.4, 0.5) is 5.69 Å². The summed E-state index contributed by atoms with van der Waals surface area (Å²) >= 11 is 3.48. The van der Waals surface area contributed by atoms with Crippen LogP contribution in [0.15, 0.2) is 18.2 Å². The lowest BCUT2D eigenvalue weighted by atomic mass is 9.98. The van der Waals surface area contributed by atoms with Crippen LogP contribution in [-0.2, 0) is 11.2 Å². The predicted octanol–water partition coefficient (Wildman–Crippen LogP) is 3.37. The molecule has 0 fully saturated rings. The molecule has 0 bridgehead atoms. The molecule has 98 valence electrons. The summed E-state index contributed by atoms with van der Waals surface area (Å²) < 4.78 is 5.81. The molecule has 3 nitrogen and oxygen atoms in total. The Bertz CT molecular complexity index is 457. The quantitative estimate of drug-likeness (QED) is 0.866. The van der Waals surface area contributed by atoms with Gasteiger partial charge in [-0.2, -0.15) is 0 Å². The van der Waals surface area contributed by atoms with Gasteiger partial charge in [-0.1, -0.05) is 29.8 Å². The topological polar surface area (TPSA) is 38.3 Å². The van der Waals surface area contributed by atoms with Gasteiger partial charge in [0.15, 0.2) is 0 Å². The van der Waals surface area contributed by atoms with Crippen molar-refractivity contribution in [1.29, 1.82) is 0 Å². The lowest BCUT2D eigenvalue weighted by molar-refractivity contribution is -0.116. The maximum Gasteiger partial charge on any atom is 0.224 e. The van der Waals surface area contributed by atoms with Crippen LogP contribution in [0, 0.1) is 5.41 Å². The summed E-state index contributed by atoms with van der Waals surface area (Å²) in [6, 6.07) is 5.86. The van der Waals surface area contributed by atoms with Gasteiger partial charge in [-0.15, -0.1) is 0 Å². The van der Waals surface area contributed by atoms with Crippen LogP contribution in [0.1, 0.15) is 25.8 Å². The van der Waals surface area contributed by atoms with E-state index in [0.29, 0.717) is 13.0 Å². The molecule has 1 amide bonds. The summed E-state index contributed by atoms with van der Waals surface area (Å²) in [5, 5.41) is 3.77. The van der Waals surface area contributed by atoms with E-state index in [2.05, 4.69) is 35.1 Å². The summed E-state index contributed by atoms with van der Waals surface area (Å²) in [6.45, 7) is 4.98. The summed E-state index contributed by atoms with van der Waals surface area (Å²) in [5.41, 5.74) is 2.19. The highest BCUT2D eigenvalue weighted by atomic mass is 79.9. The van der Waals surface area contributed by atoms with Gasteiger partial charge in [-0.3, -0.25) is 4.79 Å². The smallest absolute Gasteiger partial charge is 0.224 e. The molecule has 1 aliphatic heterocycles. The third kappa shape index (κ3) is 3.25. The standard InChI is InChI=1S/C14H18BrNO2/c1-14(2,8-15)9-18-11-4-5-12-10(7-11)3-6-13(17)16-12/h4-5,7H,3,6,8-9H2,1-2H3,(H,16,17). The molecular formula is C14H18BrNO2. The zero-order chi connectivity index (χ0) is 13.2. The fourth-order valence-corrected chi connectivity index (χ4v) is 1.93. The van der Waals surface area contributed by atoms with Crippen LogP contribution < -0.4 is 10.1 Å². The third-order valence-electron chi connectivity index (χ3n) is 2.96. The van der Waals surface area contributed by atoms with E-state index in [-0.39, 0.29) is 11.3 Å². The highest BCUT2D eigenvalue weighted by molar-refractivity contribution is 9.09. The molecule has 0 saturated carbocycles. The van der Waals surface area contributed by atoms with E-state index in [1.807, 2.05) is 18.2 Å². The average Bonchev–Trinajstić information content (AvgIpc) is 2.36. The van der Waals surface area contributed by atoms with Crippen LogP contribution in [0.2, 0.25) is 0 Å². The first-order valence-electron chi connectivity index (χ1n) is 6.12. The normalized spacial score (nSPS) is 14.9. The number of nitrogens with one attached hydrogen (secondary N) is 1. The molecular weight excluding hydrogens is 294 g/mol. The SMILES string of the molecule is CC(C)(CBr)COc1ccc2c(c1)CCC(=O)N2. The number of alkyl halides is 1. The Kier molecular flexibility index (Phi) is 3.95. The molecule has 0 spiro atoms. The second kappa shape index (κ2) is 5.31. The molecule has 1 heterocycles. The van der Waals surface area contributed by atoms with Crippen molar-refractivity contribution in [3.05, 3.63) is 23.8 Å². The average molecular weight is 312 g/mol. The van der Waals surface area contributed by atoms with Gasteiger partial charge in [0.05, 0.1) is 6.61 Å². The molecule has 2 rings (SSSR count). The molecule has 1 N–H and O–H groups in total. The Morgan fingerprint density at radius 3 is 2.89 bits per heavy atom. The first kappa shape index (κ1) is 13.4. The Labute approximate surface area is 116 Å². The number of anilines is 1. The lowest BCUT2D eigenvalue weighted by Gasteiger charge is -2.23. The number of amides is 1. The number of hydrogen-bond acceptors (Lipinski definition) is 2. The Balaban J connectivity index is 2.05. The summed E-state index contributed by atoms with van der Waals surface area (Å²) in [7, 11) is 0. The third-order valence-corrected chi connectivity index (χ3v) is 4.48. The zero-order valence-electron chi connectivity index (χ0n) is 10.8. The van der Waals surface area contributed by atoms with Crippen LogP contribution >= 0.6 is 15.9 Å². The first-order valence-corrected chi connectivity index (χ1v) is 7.24. The van der Waals surface area contributed by atoms with E-state index >= 15 is 0 Å². The number of carbonyl (C=O) groups excluding carboxylic acids is 1. The largest absolute Gasteiger partial charge is 0.493 e. The number of fused-ring (bicyclic) bond motifs is 1. The molecule has 0 unspecified atom stereocenters. The van der Waals surface area contributed by atoms with Gasteiger partial charge in [0.25, 0.3) is 0 Å². The molecule has 0 aliphatic carbocycles. The Morgan fingerprint density at radius 1 is 1.39 bits per heavy atom. The first-order chi connectivity index (χ1) is 8.50. The molecule has 18 heavy (non-hydrogen) atoms. The maximum atomic E-state index is 11.3. The molecule has 1 aromatic carbocycles. The van der Waals surface area contributed by atoms with Gasteiger partial charge >= 0.3 is 0 Å². The number of halogens is 1. The minimum absolute atomic E-state index is 0.0941. The Morgan fingerprint density at radius 2 is 2.17 bits per heavy atom. The van der Waals surface area contributed by atoms with E-state index in [0.717, 1.165) is 28.8 Å². The van der Waals surface area contributed by atoms with Crippen molar-refractivity contribution in [2.75, 3.05) is 17.3 Å². The highest BCUT2D eigenvalue weighted by Crippen LogP contribution is 2.28. The van der Waals surface area contributed by atoms with Gasteiger partial charge in [-0.05, 0) is 30.2 Å². The van der Waals surface area contributed by atoms with E-state index in [1.54, 1.807) is 0 Å². The van der Waals surface area contributed by atoms with Crippen molar-refractivity contribution in [2.24, 2.45) is 5.41 Å². The summed E-state index contributed by atoms with van der Waals surface area (Å²) in [5.74, 6) is 0.968. The van der Waals surface area contributed by atoms with Crippen molar-refractivity contribution in [3.8, 4) is 5.75 Å². The number of rotatable bonds is 4. The van der Waals surface area contributed by atoms with E-state index in [1.165, 1.54) is 0 Å². The van der Waals surface area contributed by atoms with Crippen LogP contribution in [-0.4, -0.2) is 17.8 Å². The second-order valence-electron chi connectivity index (χ2n) is 5.45. The summed E-state index contributed by atoms with van der Waals surface area (Å²) in [4.78, 5) is 11.3. The van der Waals surface area contributed by atoms with Gasteiger partial charge in [-0.25, -0.2) is 0 Å². The van der Waals surface area contributed by atoms with Crippen LogP contribution in [0.3, 0.4) is 0 Å². The van der Waals surface area contributed by atoms with E-state index in [4.69, 9.17) is 4.74 Å². The van der Waals surface area contributed by atoms with Crippen molar-refractivity contribution in [1.82, 2.24) is 0 Å². The van der Waals surface area contributed by atoms with Gasteiger partial charge < -0.3 is 10.1 Å². The molecule has 4 heteroatoms. The van der Waals surface area contributed by atoms with Gasteiger partial charge in [0.2, 0.25) is 5.91 Å². The molecule has 0 saturated heterocycles. The van der Waals surface area contributed by atoms with E-state index < -0.39 is 0 Å². The van der Waals surface area contributed by atoms with Crippen molar-refractivity contribution in [2.45, 2.75) is 26.7 Å². The van der Waals surface area contributed by atoms with Crippen LogP contribution in [0.25, 0.3) is 0 Å². The maximum absolute atomic E-state index is 11.3. The number of benzene rings is 1. The van der Waals surface area contributed by atoms with Gasteiger partial charge in [0.1, 0.15) is 5.75 Å². The fraction of sp³-hybridized carbons (Fsp3) is 0.500. The Hall–Kier alpha value is -1.03. The molecule has 1 aliphatic rings. The number of hydrogen-bond donors (Lipinski definition) is 1. The minimum Gasteiger partial charge on any atom is -0.493 e. The van der Waals surface area contributed by atoms with Crippen molar-refractivity contribution >= 4 is 27.5 Å². The predicted molar refractivity (Wildman–Crippen MR) is 76.5 cm³/mol. The fourth-order valence-electron chi connectivity index (χ4n) is 1.77. The second-order valence-corrected chi connectivity index (χ2v) is 6.01. The monoisotopic (exact) mass is 311 g/mol. The van der Waals surface area contributed by atoms with Crippen molar-refractivity contribution < 1.29 is 9.53 Å². The molecule has 0 radical (unpaired) electrons. The number of carbonyl (C=O) groups is 1. The zero-order valence-corrected chi connectivity index (χ0v) is 12.3. The van der Waals surface area contributed by atoms with Gasteiger partial charge in [0, 0.05) is 22.9 Å². The minimum atomic E-state index is 0.0941. The lowest BCUT2D eigenvalue weighted by Crippen LogP contribution is -2.23.